The van der Waals surface area contributed by atoms with Gasteiger partial charge in [-0.2, -0.15) is 4.31 Å². The largest absolute Gasteiger partial charge is 0.399 e. The van der Waals surface area contributed by atoms with Crippen LogP contribution in [0.2, 0.25) is 0 Å². The highest BCUT2D eigenvalue weighted by Crippen LogP contribution is 2.26. The van der Waals surface area contributed by atoms with Gasteiger partial charge in [0.05, 0.1) is 0 Å². The van der Waals surface area contributed by atoms with Crippen molar-refractivity contribution < 1.29 is 17.2 Å². The van der Waals surface area contributed by atoms with Crippen LogP contribution in [0.15, 0.2) is 28.7 Å². The molecule has 4 nitrogen and oxygen atoms in total. The molecule has 0 aliphatic carbocycles. The minimum Gasteiger partial charge on any atom is -0.399 e. The molecule has 1 aromatic carbocycles. The number of nitrogen functional groups attached to an aromatic ring is 1. The first kappa shape index (κ1) is 14.0. The van der Waals surface area contributed by atoms with Crippen molar-refractivity contribution in [2.45, 2.75) is 18.2 Å². The fourth-order valence-electron chi connectivity index (χ4n) is 1.93. The van der Waals surface area contributed by atoms with Crippen LogP contribution in [-0.4, -0.2) is 25.8 Å². The Bertz CT molecular complexity index is 618. The summed E-state index contributed by atoms with van der Waals surface area (Å²) in [5.41, 5.74) is 6.18. The predicted molar refractivity (Wildman–Crippen MR) is 67.9 cm³/mol. The van der Waals surface area contributed by atoms with E-state index < -0.39 is 26.6 Å². The molecule has 0 bridgehead atoms. The van der Waals surface area contributed by atoms with Crippen LogP contribution in [0, 0.1) is 11.6 Å². The van der Waals surface area contributed by atoms with Gasteiger partial charge in [-0.15, -0.1) is 0 Å². The normalized spacial score (nSPS) is 17.3. The standard InChI is InChI=1S/C12H14F2N2O2S/c1-8-2-4-16(5-3-8)19(17,18)12-10(13)6-9(15)7-11(12)14/h2,6-7H,3-5,15H2,1H3. The van der Waals surface area contributed by atoms with Crippen LogP contribution in [0.3, 0.4) is 0 Å². The third-order valence-electron chi connectivity index (χ3n) is 3.02. The van der Waals surface area contributed by atoms with E-state index in [0.717, 1.165) is 22.0 Å². The molecule has 0 atom stereocenters. The van der Waals surface area contributed by atoms with E-state index >= 15 is 0 Å². The zero-order valence-corrected chi connectivity index (χ0v) is 11.2. The van der Waals surface area contributed by atoms with Gasteiger partial charge in [-0.05, 0) is 25.5 Å². The van der Waals surface area contributed by atoms with E-state index in [1.165, 1.54) is 0 Å². The number of nitrogens with zero attached hydrogens (tertiary/aromatic N) is 1. The summed E-state index contributed by atoms with van der Waals surface area (Å²) in [4.78, 5) is -0.936. The molecule has 0 radical (unpaired) electrons. The maximum absolute atomic E-state index is 13.7. The van der Waals surface area contributed by atoms with Crippen molar-refractivity contribution in [2.75, 3.05) is 18.8 Å². The maximum atomic E-state index is 13.7. The first-order valence-corrected chi connectivity index (χ1v) is 7.16. The summed E-state index contributed by atoms with van der Waals surface area (Å²) in [6, 6.07) is 1.61. The summed E-state index contributed by atoms with van der Waals surface area (Å²) in [5, 5.41) is 0. The molecule has 19 heavy (non-hydrogen) atoms. The number of sulfonamides is 1. The summed E-state index contributed by atoms with van der Waals surface area (Å²) in [7, 11) is -4.18. The van der Waals surface area contributed by atoms with E-state index in [-0.39, 0.29) is 18.8 Å². The topological polar surface area (TPSA) is 63.4 Å². The van der Waals surface area contributed by atoms with E-state index in [4.69, 9.17) is 5.73 Å². The lowest BCUT2D eigenvalue weighted by molar-refractivity contribution is 0.420. The smallest absolute Gasteiger partial charge is 0.249 e. The summed E-state index contributed by atoms with van der Waals surface area (Å²) < 4.78 is 52.9. The molecule has 1 aromatic rings. The van der Waals surface area contributed by atoms with Crippen LogP contribution in [0.4, 0.5) is 14.5 Å². The number of hydrogen-bond donors (Lipinski definition) is 1. The first-order valence-electron chi connectivity index (χ1n) is 5.72. The number of benzene rings is 1. The van der Waals surface area contributed by atoms with Crippen LogP contribution < -0.4 is 5.73 Å². The Morgan fingerprint density at radius 2 is 1.84 bits per heavy atom. The Balaban J connectivity index is 2.46. The Labute approximate surface area is 110 Å². The van der Waals surface area contributed by atoms with Crippen LogP contribution in [0.5, 0.6) is 0 Å². The monoisotopic (exact) mass is 288 g/mol. The second-order valence-corrected chi connectivity index (χ2v) is 6.35. The molecule has 1 aliphatic rings. The molecule has 0 spiro atoms. The second-order valence-electron chi connectivity index (χ2n) is 4.48. The van der Waals surface area contributed by atoms with Gasteiger partial charge in [-0.1, -0.05) is 11.6 Å². The van der Waals surface area contributed by atoms with Crippen molar-refractivity contribution in [3.05, 3.63) is 35.4 Å². The van der Waals surface area contributed by atoms with Crippen molar-refractivity contribution >= 4 is 15.7 Å². The second kappa shape index (κ2) is 4.90. The van der Waals surface area contributed by atoms with E-state index in [9.17, 15) is 17.2 Å². The van der Waals surface area contributed by atoms with Gasteiger partial charge in [0, 0.05) is 18.8 Å². The zero-order chi connectivity index (χ0) is 14.2. The molecule has 0 saturated carbocycles. The lowest BCUT2D eigenvalue weighted by atomic mass is 10.1. The zero-order valence-electron chi connectivity index (χ0n) is 10.4. The Morgan fingerprint density at radius 1 is 1.26 bits per heavy atom. The highest BCUT2D eigenvalue weighted by molar-refractivity contribution is 7.89. The summed E-state index contributed by atoms with van der Waals surface area (Å²) in [5.74, 6) is -2.33. The van der Waals surface area contributed by atoms with Crippen molar-refractivity contribution in [1.29, 1.82) is 0 Å². The first-order chi connectivity index (χ1) is 8.82. The van der Waals surface area contributed by atoms with Gasteiger partial charge in [0.15, 0.2) is 4.90 Å². The van der Waals surface area contributed by atoms with Gasteiger partial charge >= 0.3 is 0 Å². The molecule has 1 aliphatic heterocycles. The number of nitrogens with two attached hydrogens (primary N) is 1. The summed E-state index contributed by atoms with van der Waals surface area (Å²) in [6.45, 7) is 2.22. The molecule has 0 aromatic heterocycles. The fourth-order valence-corrected chi connectivity index (χ4v) is 3.40. The van der Waals surface area contributed by atoms with E-state index in [2.05, 4.69) is 0 Å². The molecular formula is C12H14F2N2O2S. The minimum atomic E-state index is -4.18. The molecule has 2 rings (SSSR count). The third kappa shape index (κ3) is 2.62. The van der Waals surface area contributed by atoms with E-state index in [1.807, 2.05) is 6.92 Å². The average Bonchev–Trinajstić information content (AvgIpc) is 2.27. The molecule has 104 valence electrons. The third-order valence-corrected chi connectivity index (χ3v) is 4.93. The van der Waals surface area contributed by atoms with E-state index in [0.29, 0.717) is 6.42 Å². The molecule has 1 heterocycles. The highest BCUT2D eigenvalue weighted by atomic mass is 32.2. The van der Waals surface area contributed by atoms with Crippen LogP contribution in [0.25, 0.3) is 0 Å². The van der Waals surface area contributed by atoms with Crippen molar-refractivity contribution in [1.82, 2.24) is 4.31 Å². The van der Waals surface area contributed by atoms with Crippen LogP contribution in [0.1, 0.15) is 13.3 Å². The fraction of sp³-hybridized carbons (Fsp3) is 0.333. The Morgan fingerprint density at radius 3 is 2.32 bits per heavy atom. The summed E-state index contributed by atoms with van der Waals surface area (Å²) >= 11 is 0. The quantitative estimate of drug-likeness (QED) is 0.667. The minimum absolute atomic E-state index is 0.122. The van der Waals surface area contributed by atoms with E-state index in [1.54, 1.807) is 6.08 Å². The molecule has 7 heteroatoms. The van der Waals surface area contributed by atoms with Crippen molar-refractivity contribution in [3.63, 3.8) is 0 Å². The summed E-state index contributed by atoms with van der Waals surface area (Å²) in [6.07, 6.45) is 2.28. The Hall–Kier alpha value is -1.47. The molecule has 0 amide bonds. The van der Waals surface area contributed by atoms with Gasteiger partial charge in [0.25, 0.3) is 0 Å². The number of rotatable bonds is 2. The van der Waals surface area contributed by atoms with Crippen molar-refractivity contribution in [2.24, 2.45) is 0 Å². The predicted octanol–water partition coefficient (Wildman–Crippen LogP) is 1.89. The molecule has 0 fully saturated rings. The van der Waals surface area contributed by atoms with Gasteiger partial charge in [-0.25, -0.2) is 17.2 Å². The molecular weight excluding hydrogens is 274 g/mol. The number of halogens is 2. The van der Waals surface area contributed by atoms with Crippen LogP contribution in [-0.2, 0) is 10.0 Å². The number of anilines is 1. The van der Waals surface area contributed by atoms with Gasteiger partial charge < -0.3 is 5.73 Å². The van der Waals surface area contributed by atoms with Crippen molar-refractivity contribution in [3.8, 4) is 0 Å². The number of hydrogen-bond acceptors (Lipinski definition) is 3. The van der Waals surface area contributed by atoms with Crippen LogP contribution >= 0.6 is 0 Å². The van der Waals surface area contributed by atoms with Gasteiger partial charge in [-0.3, -0.25) is 0 Å². The molecule has 0 unspecified atom stereocenters. The average molecular weight is 288 g/mol. The molecule has 2 N–H and O–H groups in total. The highest BCUT2D eigenvalue weighted by Gasteiger charge is 2.31. The lowest BCUT2D eigenvalue weighted by Crippen LogP contribution is -2.35. The van der Waals surface area contributed by atoms with Gasteiger partial charge in [0.1, 0.15) is 11.6 Å². The lowest BCUT2D eigenvalue weighted by Gasteiger charge is -2.25. The Kier molecular flexibility index (Phi) is 3.60. The van der Waals surface area contributed by atoms with Gasteiger partial charge in [0.2, 0.25) is 10.0 Å². The maximum Gasteiger partial charge on any atom is 0.249 e. The molecule has 0 saturated heterocycles. The SMILES string of the molecule is CC1=CCN(S(=O)(=O)c2c(F)cc(N)cc2F)CC1.